The number of hydrogen-bond donors (Lipinski definition) is 2. The number of nitrogens with zero attached hydrogens (tertiary/aromatic N) is 2. The average molecular weight is 387 g/mol. The van der Waals surface area contributed by atoms with Crippen LogP contribution in [0.3, 0.4) is 0 Å². The molecule has 8 heteroatoms. The Morgan fingerprint density at radius 2 is 1.89 bits per heavy atom. The van der Waals surface area contributed by atoms with Gasteiger partial charge in [-0.2, -0.15) is 0 Å². The van der Waals surface area contributed by atoms with Crippen molar-refractivity contribution >= 4 is 35.0 Å². The maximum Gasteiger partial charge on any atom is 0.313 e. The highest BCUT2D eigenvalue weighted by atomic mass is 35.5. The SMILES string of the molecule is NC(=O)c1cncc(NC(=O)C(=O)N2CCCC[C@H]2c2ccc(Cl)cc2)c1. The molecule has 27 heavy (non-hydrogen) atoms. The van der Waals surface area contributed by atoms with Gasteiger partial charge >= 0.3 is 11.8 Å². The summed E-state index contributed by atoms with van der Waals surface area (Å²) >= 11 is 5.94. The van der Waals surface area contributed by atoms with Crippen molar-refractivity contribution in [1.82, 2.24) is 9.88 Å². The van der Waals surface area contributed by atoms with Crippen LogP contribution in [0.5, 0.6) is 0 Å². The number of primary amides is 1. The number of anilines is 1. The highest BCUT2D eigenvalue weighted by Gasteiger charge is 2.31. The van der Waals surface area contributed by atoms with Crippen LogP contribution in [0.2, 0.25) is 5.02 Å². The van der Waals surface area contributed by atoms with Crippen LogP contribution in [0.15, 0.2) is 42.7 Å². The van der Waals surface area contributed by atoms with E-state index >= 15 is 0 Å². The first-order chi connectivity index (χ1) is 13.0. The van der Waals surface area contributed by atoms with Gasteiger partial charge in [-0.3, -0.25) is 19.4 Å². The minimum atomic E-state index is -0.778. The predicted octanol–water partition coefficient (Wildman–Crippen LogP) is 2.53. The molecule has 2 aromatic rings. The molecule has 1 fully saturated rings. The lowest BCUT2D eigenvalue weighted by Gasteiger charge is -2.35. The summed E-state index contributed by atoms with van der Waals surface area (Å²) in [7, 11) is 0. The maximum atomic E-state index is 12.7. The van der Waals surface area contributed by atoms with E-state index in [2.05, 4.69) is 10.3 Å². The number of benzene rings is 1. The fourth-order valence-electron chi connectivity index (χ4n) is 3.16. The molecule has 0 bridgehead atoms. The van der Waals surface area contributed by atoms with Gasteiger partial charge in [0, 0.05) is 17.8 Å². The number of amides is 3. The number of piperidine rings is 1. The Hall–Kier alpha value is -2.93. The normalized spacial score (nSPS) is 16.6. The molecule has 1 aliphatic heterocycles. The lowest BCUT2D eigenvalue weighted by atomic mass is 9.95. The third-order valence-electron chi connectivity index (χ3n) is 4.49. The first-order valence-electron chi connectivity index (χ1n) is 8.58. The largest absolute Gasteiger partial charge is 0.366 e. The van der Waals surface area contributed by atoms with E-state index in [1.807, 2.05) is 12.1 Å². The number of aromatic nitrogens is 1. The van der Waals surface area contributed by atoms with E-state index < -0.39 is 17.7 Å². The molecule has 1 saturated heterocycles. The summed E-state index contributed by atoms with van der Waals surface area (Å²) in [6.45, 7) is 0.499. The molecule has 0 aliphatic carbocycles. The number of likely N-dealkylation sites (tertiary alicyclic amines) is 1. The summed E-state index contributed by atoms with van der Waals surface area (Å²) in [5, 5.41) is 3.11. The fourth-order valence-corrected chi connectivity index (χ4v) is 3.29. The second kappa shape index (κ2) is 8.18. The van der Waals surface area contributed by atoms with Gasteiger partial charge in [0.15, 0.2) is 0 Å². The van der Waals surface area contributed by atoms with Gasteiger partial charge in [-0.15, -0.1) is 0 Å². The van der Waals surface area contributed by atoms with E-state index in [9.17, 15) is 14.4 Å². The smallest absolute Gasteiger partial charge is 0.313 e. The molecule has 3 rings (SSSR count). The van der Waals surface area contributed by atoms with Crippen LogP contribution in [0.25, 0.3) is 0 Å². The summed E-state index contributed by atoms with van der Waals surface area (Å²) in [5.74, 6) is -2.07. The van der Waals surface area contributed by atoms with E-state index in [4.69, 9.17) is 17.3 Å². The van der Waals surface area contributed by atoms with E-state index in [1.54, 1.807) is 17.0 Å². The standard InChI is InChI=1S/C19H19ClN4O3/c20-14-6-4-12(5-7-14)16-3-1-2-8-24(16)19(27)18(26)23-15-9-13(17(21)25)10-22-11-15/h4-7,9-11,16H,1-3,8H2,(H2,21,25)(H,23,26)/t16-/m0/s1. The minimum absolute atomic E-state index is 0.150. The quantitative estimate of drug-likeness (QED) is 0.790. The second-order valence-electron chi connectivity index (χ2n) is 6.34. The number of carbonyl (C=O) groups is 3. The number of nitrogens with two attached hydrogens (primary N) is 1. The van der Waals surface area contributed by atoms with Crippen molar-refractivity contribution in [2.75, 3.05) is 11.9 Å². The monoisotopic (exact) mass is 386 g/mol. The zero-order chi connectivity index (χ0) is 19.4. The summed E-state index contributed by atoms with van der Waals surface area (Å²) in [6, 6.07) is 8.50. The molecule has 0 spiro atoms. The lowest BCUT2D eigenvalue weighted by molar-refractivity contribution is -0.145. The summed E-state index contributed by atoms with van der Waals surface area (Å²) < 4.78 is 0. The molecule has 1 aliphatic rings. The van der Waals surface area contributed by atoms with Crippen molar-refractivity contribution in [3.8, 4) is 0 Å². The highest BCUT2D eigenvalue weighted by molar-refractivity contribution is 6.39. The van der Waals surface area contributed by atoms with Crippen molar-refractivity contribution in [2.24, 2.45) is 5.73 Å². The van der Waals surface area contributed by atoms with Gasteiger partial charge in [-0.25, -0.2) is 0 Å². The first kappa shape index (κ1) is 18.8. The summed E-state index contributed by atoms with van der Waals surface area (Å²) in [6.07, 6.45) is 5.23. The van der Waals surface area contributed by atoms with Crippen molar-refractivity contribution < 1.29 is 14.4 Å². The van der Waals surface area contributed by atoms with Crippen molar-refractivity contribution in [3.05, 3.63) is 58.9 Å². The molecule has 140 valence electrons. The zero-order valence-electron chi connectivity index (χ0n) is 14.5. The number of pyridine rings is 1. The molecule has 2 heterocycles. The summed E-state index contributed by atoms with van der Waals surface area (Å²) in [5.41, 5.74) is 6.54. The van der Waals surface area contributed by atoms with Gasteiger partial charge in [0.25, 0.3) is 0 Å². The molecule has 0 radical (unpaired) electrons. The van der Waals surface area contributed by atoms with Crippen LogP contribution in [-0.4, -0.2) is 34.2 Å². The Morgan fingerprint density at radius 3 is 2.59 bits per heavy atom. The van der Waals surface area contributed by atoms with Crippen LogP contribution in [0, 0.1) is 0 Å². The van der Waals surface area contributed by atoms with Gasteiger partial charge in [0.1, 0.15) is 0 Å². The van der Waals surface area contributed by atoms with Crippen molar-refractivity contribution in [3.63, 3.8) is 0 Å². The van der Waals surface area contributed by atoms with Crippen molar-refractivity contribution in [2.45, 2.75) is 25.3 Å². The molecule has 0 saturated carbocycles. The maximum absolute atomic E-state index is 12.7. The average Bonchev–Trinajstić information content (AvgIpc) is 2.68. The second-order valence-corrected chi connectivity index (χ2v) is 6.78. The van der Waals surface area contributed by atoms with Crippen molar-refractivity contribution in [1.29, 1.82) is 0 Å². The molecule has 0 unspecified atom stereocenters. The molecule has 3 N–H and O–H groups in total. The molecule has 1 atom stereocenters. The Balaban J connectivity index is 1.76. The molecule has 3 amide bonds. The molecule has 1 aromatic heterocycles. The molecular weight excluding hydrogens is 368 g/mol. The molecule has 7 nitrogen and oxygen atoms in total. The zero-order valence-corrected chi connectivity index (χ0v) is 15.3. The van der Waals surface area contributed by atoms with Crippen LogP contribution >= 0.6 is 11.6 Å². The number of hydrogen-bond acceptors (Lipinski definition) is 4. The summed E-state index contributed by atoms with van der Waals surface area (Å²) in [4.78, 5) is 41.9. The Kier molecular flexibility index (Phi) is 5.71. The van der Waals surface area contributed by atoms with Crippen LogP contribution in [-0.2, 0) is 9.59 Å². The minimum Gasteiger partial charge on any atom is -0.366 e. The third kappa shape index (κ3) is 4.43. The highest BCUT2D eigenvalue weighted by Crippen LogP contribution is 2.31. The van der Waals surface area contributed by atoms with E-state index in [1.165, 1.54) is 18.5 Å². The lowest BCUT2D eigenvalue weighted by Crippen LogP contribution is -2.44. The van der Waals surface area contributed by atoms with E-state index in [0.717, 1.165) is 24.8 Å². The first-order valence-corrected chi connectivity index (χ1v) is 8.96. The van der Waals surface area contributed by atoms with Gasteiger partial charge in [0.2, 0.25) is 5.91 Å². The Morgan fingerprint density at radius 1 is 1.15 bits per heavy atom. The van der Waals surface area contributed by atoms with E-state index in [-0.39, 0.29) is 17.3 Å². The number of nitrogens with one attached hydrogen (secondary N) is 1. The van der Waals surface area contributed by atoms with Crippen LogP contribution < -0.4 is 11.1 Å². The molecule has 1 aromatic carbocycles. The number of halogens is 1. The van der Waals surface area contributed by atoms with Gasteiger partial charge < -0.3 is 16.0 Å². The van der Waals surface area contributed by atoms with Gasteiger partial charge in [-0.05, 0) is 43.0 Å². The predicted molar refractivity (Wildman–Crippen MR) is 101 cm³/mol. The fraction of sp³-hybridized carbons (Fsp3) is 0.263. The van der Waals surface area contributed by atoms with Crippen LogP contribution in [0.4, 0.5) is 5.69 Å². The number of rotatable bonds is 3. The van der Waals surface area contributed by atoms with E-state index in [0.29, 0.717) is 11.6 Å². The Labute approximate surface area is 161 Å². The molecular formula is C19H19ClN4O3. The third-order valence-corrected chi connectivity index (χ3v) is 4.75. The topological polar surface area (TPSA) is 105 Å². The Bertz CT molecular complexity index is 870. The van der Waals surface area contributed by atoms with Gasteiger partial charge in [-0.1, -0.05) is 23.7 Å². The van der Waals surface area contributed by atoms with Gasteiger partial charge in [0.05, 0.1) is 23.5 Å². The number of carbonyl (C=O) groups excluding carboxylic acids is 3. The van der Waals surface area contributed by atoms with Crippen LogP contribution in [0.1, 0.15) is 41.2 Å².